The van der Waals surface area contributed by atoms with Crippen LogP contribution >= 0.6 is 34.7 Å². The molecule has 3 aromatic rings. The lowest BCUT2D eigenvalue weighted by Gasteiger charge is -2.14. The Bertz CT molecular complexity index is 1060. The Morgan fingerprint density at radius 1 is 1.22 bits per heavy atom. The highest BCUT2D eigenvalue weighted by Gasteiger charge is 2.23. The molecule has 8 heteroatoms. The van der Waals surface area contributed by atoms with Crippen molar-refractivity contribution in [2.75, 3.05) is 5.32 Å². The van der Waals surface area contributed by atoms with Crippen molar-refractivity contribution >= 4 is 52.2 Å². The van der Waals surface area contributed by atoms with Crippen LogP contribution in [0.25, 0.3) is 0 Å². The minimum absolute atomic E-state index is 0.170. The average Bonchev–Trinajstić information content (AvgIpc) is 3.01. The number of carbonyl (C=O) groups excluding carboxylic acids is 2. The number of hydrogen-bond acceptors (Lipinski definition) is 5. The van der Waals surface area contributed by atoms with Gasteiger partial charge in [0.1, 0.15) is 0 Å². The predicted molar refractivity (Wildman–Crippen MR) is 108 cm³/mol. The molecule has 0 spiro atoms. The van der Waals surface area contributed by atoms with Crippen molar-refractivity contribution in [3.8, 4) is 0 Å². The molecule has 1 aromatic heterocycles. The zero-order valence-corrected chi connectivity index (χ0v) is 16.6. The monoisotopic (exact) mass is 415 g/mol. The fourth-order valence-electron chi connectivity index (χ4n) is 2.84. The van der Waals surface area contributed by atoms with E-state index in [1.54, 1.807) is 18.3 Å². The van der Waals surface area contributed by atoms with Crippen LogP contribution in [-0.2, 0) is 6.54 Å². The Morgan fingerprint density at radius 2 is 2.04 bits per heavy atom. The minimum Gasteiger partial charge on any atom is -0.347 e. The van der Waals surface area contributed by atoms with E-state index in [1.807, 2.05) is 31.2 Å². The molecule has 1 aliphatic rings. The summed E-state index contributed by atoms with van der Waals surface area (Å²) in [6, 6.07) is 11.1. The van der Waals surface area contributed by atoms with E-state index in [9.17, 15) is 9.59 Å². The van der Waals surface area contributed by atoms with E-state index in [-0.39, 0.29) is 11.8 Å². The molecule has 0 atom stereocenters. The fraction of sp³-hybridized carbons (Fsp3) is 0.105. The second-order valence-corrected chi connectivity index (χ2v) is 8.71. The quantitative estimate of drug-likeness (QED) is 0.647. The van der Waals surface area contributed by atoms with Gasteiger partial charge in [0.2, 0.25) is 0 Å². The number of benzene rings is 2. The molecule has 0 saturated carbocycles. The van der Waals surface area contributed by atoms with Crippen LogP contribution in [0.1, 0.15) is 31.2 Å². The minimum atomic E-state index is -0.208. The van der Waals surface area contributed by atoms with E-state index in [0.29, 0.717) is 27.8 Å². The second kappa shape index (κ2) is 7.34. The first-order valence-electron chi connectivity index (χ1n) is 8.13. The largest absolute Gasteiger partial charge is 0.347 e. The van der Waals surface area contributed by atoms with E-state index in [0.717, 1.165) is 20.2 Å². The van der Waals surface area contributed by atoms with E-state index >= 15 is 0 Å². The van der Waals surface area contributed by atoms with Crippen molar-refractivity contribution in [2.24, 2.45) is 0 Å². The molecule has 0 radical (unpaired) electrons. The smallest absolute Gasteiger partial charge is 0.256 e. The van der Waals surface area contributed by atoms with Gasteiger partial charge in [0.15, 0.2) is 4.47 Å². The van der Waals surface area contributed by atoms with Crippen molar-refractivity contribution in [3.05, 3.63) is 68.6 Å². The third-order valence-electron chi connectivity index (χ3n) is 4.21. The zero-order valence-electron chi connectivity index (χ0n) is 14.2. The van der Waals surface area contributed by atoms with Gasteiger partial charge in [-0.25, -0.2) is 4.98 Å². The normalized spacial score (nSPS) is 12.6. The molecule has 0 aliphatic carbocycles. The number of carbonyl (C=O) groups is 2. The number of nitrogens with zero attached hydrogens (tertiary/aromatic N) is 1. The lowest BCUT2D eigenvalue weighted by atomic mass is 10.1. The number of thiazole rings is 1. The molecule has 5 nitrogen and oxygen atoms in total. The van der Waals surface area contributed by atoms with Crippen LogP contribution < -0.4 is 10.6 Å². The molecule has 4 rings (SSSR count). The maximum absolute atomic E-state index is 12.6. The van der Waals surface area contributed by atoms with Gasteiger partial charge < -0.3 is 10.6 Å². The highest BCUT2D eigenvalue weighted by molar-refractivity contribution is 7.99. The number of anilines is 1. The van der Waals surface area contributed by atoms with Gasteiger partial charge in [-0.15, -0.1) is 11.3 Å². The number of hydrogen-bond donors (Lipinski definition) is 2. The first-order chi connectivity index (χ1) is 13.0. The Hall–Kier alpha value is -2.35. The van der Waals surface area contributed by atoms with Crippen LogP contribution in [0.4, 0.5) is 5.69 Å². The van der Waals surface area contributed by atoms with Crippen molar-refractivity contribution in [1.82, 2.24) is 10.3 Å². The number of rotatable bonds is 3. The summed E-state index contributed by atoms with van der Waals surface area (Å²) in [6.07, 6.45) is 1.64. The second-order valence-electron chi connectivity index (χ2n) is 5.93. The van der Waals surface area contributed by atoms with Crippen LogP contribution in [0.5, 0.6) is 0 Å². The van der Waals surface area contributed by atoms with Gasteiger partial charge in [-0.1, -0.05) is 35.5 Å². The molecular weight excluding hydrogens is 402 g/mol. The summed E-state index contributed by atoms with van der Waals surface area (Å²) < 4.78 is 0.444. The molecule has 0 fully saturated rings. The van der Waals surface area contributed by atoms with Crippen molar-refractivity contribution < 1.29 is 9.59 Å². The molecule has 0 bridgehead atoms. The topological polar surface area (TPSA) is 71.1 Å². The zero-order chi connectivity index (χ0) is 19.0. The van der Waals surface area contributed by atoms with Gasteiger partial charge in [0.05, 0.1) is 17.8 Å². The summed E-state index contributed by atoms with van der Waals surface area (Å²) in [5.74, 6) is -0.377. The highest BCUT2D eigenvalue weighted by atomic mass is 35.5. The van der Waals surface area contributed by atoms with Gasteiger partial charge >= 0.3 is 0 Å². The first-order valence-corrected chi connectivity index (χ1v) is 10.1. The summed E-state index contributed by atoms with van der Waals surface area (Å²) in [6.45, 7) is 2.19. The van der Waals surface area contributed by atoms with Crippen molar-refractivity contribution in [3.63, 3.8) is 0 Å². The Balaban J connectivity index is 1.61. The molecule has 1 aliphatic heterocycles. The maximum Gasteiger partial charge on any atom is 0.256 e. The summed E-state index contributed by atoms with van der Waals surface area (Å²) in [7, 11) is 0. The molecule has 27 heavy (non-hydrogen) atoms. The van der Waals surface area contributed by atoms with Gasteiger partial charge in [-0.05, 0) is 36.8 Å². The molecular formula is C19H14ClN3O2S2. The molecule has 2 heterocycles. The molecule has 136 valence electrons. The lowest BCUT2D eigenvalue weighted by molar-refractivity contribution is 0.0949. The van der Waals surface area contributed by atoms with Crippen LogP contribution in [0.3, 0.4) is 0 Å². The Morgan fingerprint density at radius 3 is 2.81 bits per heavy atom. The Kier molecular flexibility index (Phi) is 4.90. The molecule has 2 N–H and O–H groups in total. The number of aromatic nitrogens is 1. The van der Waals surface area contributed by atoms with Crippen LogP contribution in [-0.4, -0.2) is 16.8 Å². The number of fused-ring (bicyclic) bond motifs is 2. The van der Waals surface area contributed by atoms with Crippen LogP contribution in [0.15, 0.2) is 52.4 Å². The first kappa shape index (κ1) is 18.0. The van der Waals surface area contributed by atoms with Gasteiger partial charge in [0.25, 0.3) is 11.8 Å². The molecule has 0 saturated heterocycles. The predicted octanol–water partition coefficient (Wildman–Crippen LogP) is 4.75. The number of amides is 2. The molecule has 2 aromatic carbocycles. The average molecular weight is 416 g/mol. The van der Waals surface area contributed by atoms with E-state index < -0.39 is 0 Å². The Labute approximate surface area is 169 Å². The van der Waals surface area contributed by atoms with Crippen molar-refractivity contribution in [2.45, 2.75) is 23.3 Å². The third kappa shape index (κ3) is 3.58. The number of nitrogens with one attached hydrogen (secondary N) is 2. The van der Waals surface area contributed by atoms with E-state index in [2.05, 4.69) is 15.6 Å². The van der Waals surface area contributed by atoms with E-state index in [1.165, 1.54) is 23.1 Å². The van der Waals surface area contributed by atoms with Gasteiger partial charge in [0, 0.05) is 26.4 Å². The fourth-order valence-corrected chi connectivity index (χ4v) is 4.86. The molecule has 0 unspecified atom stereocenters. The number of halogens is 1. The van der Waals surface area contributed by atoms with Gasteiger partial charge in [-0.2, -0.15) is 0 Å². The summed E-state index contributed by atoms with van der Waals surface area (Å²) in [5.41, 5.74) is 2.57. The SMILES string of the molecule is Cc1c(C(=O)NCc2cnc(Cl)s2)ccc2c1NC(=O)c1ccccc1S2. The third-order valence-corrected chi connectivity index (χ3v) is 6.46. The van der Waals surface area contributed by atoms with E-state index in [4.69, 9.17) is 11.6 Å². The maximum atomic E-state index is 12.6. The standard InChI is InChI=1S/C19H14ClN3O2S2/c1-10-12(17(24)21-8-11-9-22-19(20)26-11)6-7-15-16(10)23-18(25)13-4-2-3-5-14(13)27-15/h2-7,9H,8H2,1H3,(H,21,24)(H,23,25). The highest BCUT2D eigenvalue weighted by Crippen LogP contribution is 2.41. The summed E-state index contributed by atoms with van der Waals surface area (Å²) in [5, 5.41) is 5.83. The lowest BCUT2D eigenvalue weighted by Crippen LogP contribution is -2.24. The van der Waals surface area contributed by atoms with Crippen LogP contribution in [0, 0.1) is 6.92 Å². The summed E-state index contributed by atoms with van der Waals surface area (Å²) in [4.78, 5) is 31.9. The van der Waals surface area contributed by atoms with Crippen LogP contribution in [0.2, 0.25) is 4.47 Å². The summed E-state index contributed by atoms with van der Waals surface area (Å²) >= 11 is 8.66. The molecule has 2 amide bonds. The van der Waals surface area contributed by atoms with Gasteiger partial charge in [-0.3, -0.25) is 9.59 Å². The van der Waals surface area contributed by atoms with Crippen molar-refractivity contribution in [1.29, 1.82) is 0 Å².